The largest absolute Gasteiger partial charge is 0.481 e. The number of fused-ring (bicyclic) bond motifs is 2. The summed E-state index contributed by atoms with van der Waals surface area (Å²) in [5.41, 5.74) is 0.588. The van der Waals surface area contributed by atoms with Crippen LogP contribution < -0.4 is 5.32 Å². The Bertz CT molecular complexity index is 578. The van der Waals surface area contributed by atoms with Gasteiger partial charge in [0.1, 0.15) is 0 Å². The Morgan fingerprint density at radius 3 is 2.76 bits per heavy atom. The Morgan fingerprint density at radius 2 is 2.10 bits per heavy atom. The molecule has 3 atom stereocenters. The maximum atomic E-state index is 12.2. The predicted molar refractivity (Wildman–Crippen MR) is 79.3 cm³/mol. The quantitative estimate of drug-likeness (QED) is 0.895. The third-order valence-corrected chi connectivity index (χ3v) is 4.80. The third-order valence-electron chi connectivity index (χ3n) is 4.47. The lowest BCUT2D eigenvalue weighted by Crippen LogP contribution is -2.38. The van der Waals surface area contributed by atoms with Crippen molar-refractivity contribution in [1.82, 2.24) is 4.90 Å². The number of para-hydroxylation sites is 1. The summed E-state index contributed by atoms with van der Waals surface area (Å²) in [5, 5.41) is 12.5. The number of carboxylic acids is 1. The second-order valence-electron chi connectivity index (χ2n) is 5.68. The molecule has 2 aliphatic heterocycles. The summed E-state index contributed by atoms with van der Waals surface area (Å²) < 4.78 is 0. The van der Waals surface area contributed by atoms with Gasteiger partial charge in [-0.25, -0.2) is 0 Å². The van der Waals surface area contributed by atoms with Gasteiger partial charge in [-0.3, -0.25) is 14.5 Å². The minimum absolute atomic E-state index is 0.00973. The fourth-order valence-electron chi connectivity index (χ4n) is 3.53. The van der Waals surface area contributed by atoms with Gasteiger partial charge in [-0.15, -0.1) is 0 Å². The van der Waals surface area contributed by atoms with Crippen molar-refractivity contribution >= 4 is 29.2 Å². The molecule has 2 heterocycles. The van der Waals surface area contributed by atoms with Crippen LogP contribution >= 0.6 is 11.6 Å². The molecule has 0 spiro atoms. The van der Waals surface area contributed by atoms with Gasteiger partial charge in [-0.2, -0.15) is 0 Å². The standard InChI is InChI=1S/C15H17ClN2O3/c16-11-3-1-2-4-12(11)17-14(19)8-18-9-5-6-13(18)10(7-9)15(20)21/h1-4,9-10,13H,5-8H2,(H,17,19)(H,20,21). The topological polar surface area (TPSA) is 69.6 Å². The van der Waals surface area contributed by atoms with Gasteiger partial charge < -0.3 is 10.4 Å². The highest BCUT2D eigenvalue weighted by Gasteiger charge is 2.49. The predicted octanol–water partition coefficient (Wildman–Crippen LogP) is 2.22. The van der Waals surface area contributed by atoms with Crippen molar-refractivity contribution in [3.63, 3.8) is 0 Å². The van der Waals surface area contributed by atoms with Crippen LogP contribution in [0.2, 0.25) is 5.02 Å². The molecule has 2 aliphatic rings. The first kappa shape index (κ1) is 14.4. The van der Waals surface area contributed by atoms with Gasteiger partial charge >= 0.3 is 5.97 Å². The van der Waals surface area contributed by atoms with Crippen LogP contribution in [-0.2, 0) is 9.59 Å². The highest BCUT2D eigenvalue weighted by molar-refractivity contribution is 6.33. The zero-order valence-corrected chi connectivity index (χ0v) is 12.2. The number of rotatable bonds is 4. The number of carboxylic acid groups (broad SMARTS) is 1. The molecule has 1 aromatic carbocycles. The molecule has 0 aromatic heterocycles. The van der Waals surface area contributed by atoms with Crippen LogP contribution in [0.25, 0.3) is 0 Å². The fraction of sp³-hybridized carbons (Fsp3) is 0.467. The maximum absolute atomic E-state index is 12.2. The van der Waals surface area contributed by atoms with Gasteiger partial charge in [0.25, 0.3) is 0 Å². The first-order valence-corrected chi connectivity index (χ1v) is 7.47. The zero-order valence-electron chi connectivity index (χ0n) is 11.5. The summed E-state index contributed by atoms with van der Waals surface area (Å²) in [7, 11) is 0. The van der Waals surface area contributed by atoms with Gasteiger partial charge in [0.15, 0.2) is 0 Å². The Morgan fingerprint density at radius 1 is 1.33 bits per heavy atom. The number of nitrogens with zero attached hydrogens (tertiary/aromatic N) is 1. The van der Waals surface area contributed by atoms with Crippen LogP contribution in [0.3, 0.4) is 0 Å². The number of hydrogen-bond acceptors (Lipinski definition) is 3. The minimum Gasteiger partial charge on any atom is -0.481 e. The van der Waals surface area contributed by atoms with Crippen molar-refractivity contribution < 1.29 is 14.7 Å². The number of carbonyl (C=O) groups excluding carboxylic acids is 1. The van der Waals surface area contributed by atoms with E-state index in [2.05, 4.69) is 5.32 Å². The molecule has 0 aliphatic carbocycles. The number of carbonyl (C=O) groups is 2. The number of amides is 1. The molecule has 112 valence electrons. The molecule has 2 saturated heterocycles. The second kappa shape index (κ2) is 5.66. The molecule has 6 heteroatoms. The SMILES string of the molecule is O=C(CN1C2CCC1C(C(=O)O)C2)Nc1ccccc1Cl. The van der Waals surface area contributed by atoms with Gasteiger partial charge in [-0.1, -0.05) is 23.7 Å². The normalized spacial score (nSPS) is 27.8. The van der Waals surface area contributed by atoms with Crippen molar-refractivity contribution in [2.24, 2.45) is 5.92 Å². The number of anilines is 1. The van der Waals surface area contributed by atoms with Crippen LogP contribution in [0.4, 0.5) is 5.69 Å². The van der Waals surface area contributed by atoms with Crippen molar-refractivity contribution in [2.75, 3.05) is 11.9 Å². The highest BCUT2D eigenvalue weighted by Crippen LogP contribution is 2.41. The average molecular weight is 309 g/mol. The molecule has 21 heavy (non-hydrogen) atoms. The van der Waals surface area contributed by atoms with E-state index in [1.165, 1.54) is 0 Å². The first-order valence-electron chi connectivity index (χ1n) is 7.09. The molecule has 2 bridgehead atoms. The molecule has 2 N–H and O–H groups in total. The lowest BCUT2D eigenvalue weighted by Gasteiger charge is -2.22. The zero-order chi connectivity index (χ0) is 15.0. The molecule has 0 saturated carbocycles. The van der Waals surface area contributed by atoms with E-state index >= 15 is 0 Å². The summed E-state index contributed by atoms with van der Waals surface area (Å²) in [4.78, 5) is 25.4. The van der Waals surface area contributed by atoms with Gasteiger partial charge in [0, 0.05) is 12.1 Å². The van der Waals surface area contributed by atoms with Crippen LogP contribution in [-0.4, -0.2) is 40.5 Å². The lowest BCUT2D eigenvalue weighted by molar-refractivity contribution is -0.142. The Kier molecular flexibility index (Phi) is 3.87. The number of nitrogens with one attached hydrogen (secondary N) is 1. The molecule has 1 aromatic rings. The van der Waals surface area contributed by atoms with Crippen molar-refractivity contribution in [1.29, 1.82) is 0 Å². The second-order valence-corrected chi connectivity index (χ2v) is 6.09. The van der Waals surface area contributed by atoms with E-state index in [1.54, 1.807) is 18.2 Å². The van der Waals surface area contributed by atoms with E-state index in [4.69, 9.17) is 11.6 Å². The number of hydrogen-bond donors (Lipinski definition) is 2. The lowest BCUT2D eigenvalue weighted by atomic mass is 9.89. The molecule has 2 fully saturated rings. The maximum Gasteiger partial charge on any atom is 0.308 e. The summed E-state index contributed by atoms with van der Waals surface area (Å²) >= 11 is 6.01. The molecule has 3 unspecified atom stereocenters. The van der Waals surface area contributed by atoms with E-state index in [9.17, 15) is 14.7 Å². The molecule has 1 amide bonds. The van der Waals surface area contributed by atoms with E-state index in [0.717, 1.165) is 12.8 Å². The summed E-state index contributed by atoms with van der Waals surface area (Å²) in [6, 6.07) is 7.28. The van der Waals surface area contributed by atoms with Crippen LogP contribution in [0.1, 0.15) is 19.3 Å². The van der Waals surface area contributed by atoms with Crippen molar-refractivity contribution in [3.8, 4) is 0 Å². The number of aliphatic carboxylic acids is 1. The highest BCUT2D eigenvalue weighted by atomic mass is 35.5. The van der Waals surface area contributed by atoms with Crippen LogP contribution in [0, 0.1) is 5.92 Å². The van der Waals surface area contributed by atoms with Crippen LogP contribution in [0.5, 0.6) is 0 Å². The van der Waals surface area contributed by atoms with Crippen molar-refractivity contribution in [2.45, 2.75) is 31.3 Å². The summed E-state index contributed by atoms with van der Waals surface area (Å²) in [5.74, 6) is -1.23. The first-order chi connectivity index (χ1) is 10.1. The van der Waals surface area contributed by atoms with Gasteiger partial charge in [0.05, 0.1) is 23.2 Å². The Hall–Kier alpha value is -1.59. The van der Waals surface area contributed by atoms with Gasteiger partial charge in [-0.05, 0) is 31.4 Å². The Balaban J connectivity index is 1.64. The average Bonchev–Trinajstić information content (AvgIpc) is 2.98. The van der Waals surface area contributed by atoms with Crippen LogP contribution in [0.15, 0.2) is 24.3 Å². The summed E-state index contributed by atoms with van der Waals surface area (Å²) in [6.45, 7) is 0.227. The molecule has 0 radical (unpaired) electrons. The summed E-state index contributed by atoms with van der Waals surface area (Å²) in [6.07, 6.45) is 2.49. The van der Waals surface area contributed by atoms with E-state index in [-0.39, 0.29) is 30.5 Å². The van der Waals surface area contributed by atoms with E-state index in [1.807, 2.05) is 11.0 Å². The fourth-order valence-corrected chi connectivity index (χ4v) is 3.71. The van der Waals surface area contributed by atoms with E-state index in [0.29, 0.717) is 17.1 Å². The van der Waals surface area contributed by atoms with Crippen molar-refractivity contribution in [3.05, 3.63) is 29.3 Å². The number of halogens is 1. The monoisotopic (exact) mass is 308 g/mol. The molecular weight excluding hydrogens is 292 g/mol. The Labute approximate surface area is 127 Å². The van der Waals surface area contributed by atoms with Gasteiger partial charge in [0.2, 0.25) is 5.91 Å². The molecule has 3 rings (SSSR count). The third kappa shape index (κ3) is 2.76. The minimum atomic E-state index is -0.751. The smallest absolute Gasteiger partial charge is 0.308 e. The van der Waals surface area contributed by atoms with E-state index < -0.39 is 5.97 Å². The number of benzene rings is 1. The molecular formula is C15H17ClN2O3. The molecule has 5 nitrogen and oxygen atoms in total.